The standard InChI is InChI=1S/C3H7O.3BrH.Hf/c1-2-3-4;;;;/h2-3H2,1H3;3*1H;/q-1;;;;+4/p-3. The Labute approximate surface area is 72.0 Å². The Kier molecular flexibility index (Phi) is 6.41. The normalized spacial score (nSPS) is 12.0. The number of hydrogen-bond acceptors (Lipinski definition) is 1. The summed E-state index contributed by atoms with van der Waals surface area (Å²) in [6, 6.07) is 0. The van der Waals surface area contributed by atoms with Crippen molar-refractivity contribution in [3.05, 3.63) is 0 Å². The van der Waals surface area contributed by atoms with Crippen LogP contribution in [0.3, 0.4) is 0 Å². The van der Waals surface area contributed by atoms with E-state index in [1.165, 1.54) is 0 Å². The Morgan fingerprint density at radius 3 is 2.00 bits per heavy atom. The Bertz CT molecular complexity index is 62.0. The van der Waals surface area contributed by atoms with Gasteiger partial charge < -0.3 is 0 Å². The van der Waals surface area contributed by atoms with Gasteiger partial charge in [-0.15, -0.1) is 0 Å². The molecule has 50 valence electrons. The van der Waals surface area contributed by atoms with Crippen molar-refractivity contribution < 1.29 is 16.3 Å². The molecule has 8 heavy (non-hydrogen) atoms. The maximum atomic E-state index is 5.35. The average molecular weight is 477 g/mol. The van der Waals surface area contributed by atoms with Gasteiger partial charge in [-0.25, -0.2) is 0 Å². The van der Waals surface area contributed by atoms with Crippen molar-refractivity contribution >= 4 is 36.9 Å². The molecule has 0 saturated heterocycles. The molecule has 0 amide bonds. The fraction of sp³-hybridized carbons (Fsp3) is 1.00. The van der Waals surface area contributed by atoms with Crippen LogP contribution in [0, 0.1) is 0 Å². The van der Waals surface area contributed by atoms with Gasteiger partial charge in [0, 0.05) is 0 Å². The van der Waals surface area contributed by atoms with E-state index >= 15 is 0 Å². The van der Waals surface area contributed by atoms with Crippen LogP contribution < -0.4 is 0 Å². The fourth-order valence-electron chi connectivity index (χ4n) is 0.218. The third kappa shape index (κ3) is 8.27. The van der Waals surface area contributed by atoms with Crippen molar-refractivity contribution in [2.45, 2.75) is 13.3 Å². The van der Waals surface area contributed by atoms with Gasteiger partial charge in [-0.2, -0.15) is 0 Å². The van der Waals surface area contributed by atoms with E-state index in [0.717, 1.165) is 13.0 Å². The second-order valence-electron chi connectivity index (χ2n) is 1.29. The van der Waals surface area contributed by atoms with Crippen molar-refractivity contribution in [2.75, 3.05) is 6.61 Å². The van der Waals surface area contributed by atoms with Gasteiger partial charge in [-0.3, -0.25) is 0 Å². The van der Waals surface area contributed by atoms with Crippen LogP contribution in [0.2, 0.25) is 0 Å². The maximum absolute atomic E-state index is 5.35. The Morgan fingerprint density at radius 2 is 1.88 bits per heavy atom. The van der Waals surface area contributed by atoms with Gasteiger partial charge in [0.15, 0.2) is 0 Å². The van der Waals surface area contributed by atoms with E-state index in [1.54, 1.807) is 0 Å². The minimum absolute atomic E-state index is 0.837. The van der Waals surface area contributed by atoms with Crippen LogP contribution in [0.4, 0.5) is 0 Å². The molecule has 0 atom stereocenters. The molecule has 0 rings (SSSR count). The molecule has 0 N–H and O–H groups in total. The zero-order valence-electron chi connectivity index (χ0n) is 4.46. The molecule has 0 heterocycles. The zero-order chi connectivity index (χ0) is 6.62. The molecule has 0 fully saturated rings. The first-order chi connectivity index (χ1) is 3.56. The fourth-order valence-corrected chi connectivity index (χ4v) is 5.76. The third-order valence-electron chi connectivity index (χ3n) is 0.470. The molecular formula is C3H7Br3HfO. The SMILES string of the molecule is CCC[O][Hf]([Br])([Br])[Br]. The predicted octanol–water partition coefficient (Wildman–Crippen LogP) is 3.41. The summed E-state index contributed by atoms with van der Waals surface area (Å²) >= 11 is 7.76. The number of rotatable bonds is 3. The molecule has 0 aliphatic rings. The Balaban J connectivity index is 3.11. The molecule has 0 spiro atoms. The van der Waals surface area contributed by atoms with E-state index in [2.05, 4.69) is 43.8 Å². The summed E-state index contributed by atoms with van der Waals surface area (Å²) in [5.74, 6) is 0. The van der Waals surface area contributed by atoms with Gasteiger partial charge in [0.2, 0.25) is 0 Å². The number of halogens is 3. The molecule has 0 aliphatic heterocycles. The summed E-state index contributed by atoms with van der Waals surface area (Å²) in [7, 11) is 0. The van der Waals surface area contributed by atoms with Gasteiger partial charge in [-0.05, 0) is 0 Å². The molecule has 0 aromatic carbocycles. The van der Waals surface area contributed by atoms with Gasteiger partial charge >= 0.3 is 73.1 Å². The molecule has 0 radical (unpaired) electrons. The summed E-state index contributed by atoms with van der Waals surface area (Å²) < 4.78 is 5.35. The van der Waals surface area contributed by atoms with E-state index in [4.69, 9.17) is 2.85 Å². The van der Waals surface area contributed by atoms with Crippen LogP contribution in [0.25, 0.3) is 0 Å². The van der Waals surface area contributed by atoms with Crippen molar-refractivity contribution in [2.24, 2.45) is 0 Å². The van der Waals surface area contributed by atoms with E-state index in [9.17, 15) is 0 Å². The summed E-state index contributed by atoms with van der Waals surface area (Å²) in [5.41, 5.74) is 0. The molecule has 0 aromatic heterocycles. The van der Waals surface area contributed by atoms with E-state index < -0.39 is 13.4 Å². The van der Waals surface area contributed by atoms with Crippen molar-refractivity contribution in [3.63, 3.8) is 0 Å². The summed E-state index contributed by atoms with van der Waals surface area (Å²) in [4.78, 5) is 0. The second-order valence-corrected chi connectivity index (χ2v) is 59.1. The van der Waals surface area contributed by atoms with Crippen molar-refractivity contribution in [1.29, 1.82) is 0 Å². The summed E-state index contributed by atoms with van der Waals surface area (Å²) in [6.07, 6.45) is 1.07. The van der Waals surface area contributed by atoms with Gasteiger partial charge in [0.05, 0.1) is 0 Å². The molecule has 0 aromatic rings. The number of hydrogen-bond donors (Lipinski definition) is 0. The van der Waals surface area contributed by atoms with Crippen LogP contribution in [-0.4, -0.2) is 6.61 Å². The summed E-state index contributed by atoms with van der Waals surface area (Å²) in [5, 5.41) is 0. The first-order valence-corrected chi connectivity index (χ1v) is 27.3. The molecule has 5 heteroatoms. The quantitative estimate of drug-likeness (QED) is 0.567. The van der Waals surface area contributed by atoms with Crippen molar-refractivity contribution in [3.8, 4) is 0 Å². The van der Waals surface area contributed by atoms with E-state index in [0.29, 0.717) is 0 Å². The van der Waals surface area contributed by atoms with E-state index in [1.807, 2.05) is 0 Å². The first-order valence-electron chi connectivity index (χ1n) is 2.27. The van der Waals surface area contributed by atoms with E-state index in [-0.39, 0.29) is 0 Å². The van der Waals surface area contributed by atoms with Gasteiger partial charge in [-0.1, -0.05) is 0 Å². The zero-order valence-corrected chi connectivity index (χ0v) is 12.8. The average Bonchev–Trinajstić information content (AvgIpc) is 1.59. The minimum atomic E-state index is -2.48. The van der Waals surface area contributed by atoms with Crippen LogP contribution in [0.5, 0.6) is 0 Å². The van der Waals surface area contributed by atoms with Gasteiger partial charge in [0.1, 0.15) is 0 Å². The monoisotopic (exact) mass is 476 g/mol. The molecule has 0 unspecified atom stereocenters. The molecule has 0 saturated carbocycles. The Morgan fingerprint density at radius 1 is 1.38 bits per heavy atom. The van der Waals surface area contributed by atoms with Gasteiger partial charge in [0.25, 0.3) is 0 Å². The topological polar surface area (TPSA) is 9.23 Å². The predicted molar refractivity (Wildman–Crippen MR) is 43.0 cm³/mol. The Hall–Kier alpha value is 2.27. The molecule has 0 bridgehead atoms. The second kappa shape index (κ2) is 4.99. The van der Waals surface area contributed by atoms with Crippen LogP contribution in [0.15, 0.2) is 0 Å². The summed E-state index contributed by atoms with van der Waals surface area (Å²) in [6.45, 7) is 2.93. The van der Waals surface area contributed by atoms with Crippen molar-refractivity contribution in [1.82, 2.24) is 0 Å². The van der Waals surface area contributed by atoms with Crippen LogP contribution >= 0.6 is 36.9 Å². The third-order valence-corrected chi connectivity index (χ3v) is 8.00. The molecular weight excluding hydrogens is 470 g/mol. The molecule has 0 aliphatic carbocycles. The van der Waals surface area contributed by atoms with Crippen LogP contribution in [-0.2, 0) is 16.3 Å². The molecule has 1 nitrogen and oxygen atoms in total. The first kappa shape index (κ1) is 10.3. The van der Waals surface area contributed by atoms with Crippen LogP contribution in [0.1, 0.15) is 13.3 Å².